The normalized spacial score (nSPS) is 19.2. The molecule has 1 amide bonds. The quantitative estimate of drug-likeness (QED) is 0.666. The number of amides is 1. The van der Waals surface area contributed by atoms with E-state index in [0.717, 1.165) is 35.6 Å². The van der Waals surface area contributed by atoms with Gasteiger partial charge < -0.3 is 20.0 Å². The molecule has 0 radical (unpaired) electrons. The lowest BCUT2D eigenvalue weighted by Crippen LogP contribution is -2.38. The number of carbonyl (C=O) groups is 1. The predicted molar refractivity (Wildman–Crippen MR) is 107 cm³/mol. The van der Waals surface area contributed by atoms with Crippen LogP contribution in [0.3, 0.4) is 0 Å². The van der Waals surface area contributed by atoms with E-state index >= 15 is 0 Å². The van der Waals surface area contributed by atoms with E-state index in [9.17, 15) is 4.79 Å². The fourth-order valence-corrected chi connectivity index (χ4v) is 5.28. The molecule has 1 aromatic carbocycles. The van der Waals surface area contributed by atoms with Gasteiger partial charge in [-0.2, -0.15) is 0 Å². The average molecular weight is 400 g/mol. The Kier molecular flexibility index (Phi) is 4.00. The van der Waals surface area contributed by atoms with Crippen LogP contribution in [-0.2, 0) is 13.0 Å². The zero-order chi connectivity index (χ0) is 18.5. The Bertz CT molecular complexity index is 1040. The van der Waals surface area contributed by atoms with Gasteiger partial charge in [0.25, 0.3) is 5.91 Å². The van der Waals surface area contributed by atoms with Crippen molar-refractivity contribution >= 4 is 33.8 Å². The Hall–Kier alpha value is -2.28. The van der Waals surface area contributed by atoms with Crippen LogP contribution in [0.25, 0.3) is 11.3 Å². The lowest BCUT2D eigenvalue weighted by molar-refractivity contribution is 0.0930. The number of thiophene rings is 1. The summed E-state index contributed by atoms with van der Waals surface area (Å²) in [6.45, 7) is 1.87. The molecule has 4 heterocycles. The third kappa shape index (κ3) is 2.84. The van der Waals surface area contributed by atoms with E-state index in [0.29, 0.717) is 16.5 Å². The van der Waals surface area contributed by atoms with Gasteiger partial charge in [-0.15, -0.1) is 11.3 Å². The Morgan fingerprint density at radius 3 is 2.93 bits per heavy atom. The molecular weight excluding hydrogens is 382 g/mol. The summed E-state index contributed by atoms with van der Waals surface area (Å²) < 4.78 is 6.01. The molecule has 0 fully saturated rings. The Balaban J connectivity index is 1.46. The molecule has 2 aliphatic rings. The zero-order valence-corrected chi connectivity index (χ0v) is 16.3. The predicted octanol–water partition coefficient (Wildman–Crippen LogP) is 4.50. The number of nitrogens with zero attached hydrogens (tertiary/aromatic N) is 1. The van der Waals surface area contributed by atoms with Crippen LogP contribution in [0, 0.1) is 0 Å². The molecule has 2 N–H and O–H groups in total. The summed E-state index contributed by atoms with van der Waals surface area (Å²) >= 11 is 7.94. The molecule has 0 unspecified atom stereocenters. The molecule has 7 heteroatoms. The first-order chi connectivity index (χ1) is 13.1. The van der Waals surface area contributed by atoms with Gasteiger partial charge in [0.15, 0.2) is 6.17 Å². The molecule has 0 saturated carbocycles. The summed E-state index contributed by atoms with van der Waals surface area (Å²) in [4.78, 5) is 16.3. The van der Waals surface area contributed by atoms with E-state index in [-0.39, 0.29) is 12.1 Å². The second-order valence-electron chi connectivity index (χ2n) is 6.93. The summed E-state index contributed by atoms with van der Waals surface area (Å²) in [5.41, 5.74) is 2.83. The van der Waals surface area contributed by atoms with Crippen molar-refractivity contribution in [3.8, 4) is 11.3 Å². The highest BCUT2D eigenvalue weighted by Crippen LogP contribution is 2.41. The smallest absolute Gasteiger partial charge is 0.256 e. The summed E-state index contributed by atoms with van der Waals surface area (Å²) in [7, 11) is 2.11. The van der Waals surface area contributed by atoms with Crippen LogP contribution in [0.4, 0.5) is 5.00 Å². The molecular formula is C20H18ClN3O2S. The van der Waals surface area contributed by atoms with Gasteiger partial charge in [0, 0.05) is 23.5 Å². The fourth-order valence-electron chi connectivity index (χ4n) is 3.70. The second kappa shape index (κ2) is 6.41. The molecule has 2 aliphatic heterocycles. The van der Waals surface area contributed by atoms with Gasteiger partial charge in [0.05, 0.1) is 10.6 Å². The van der Waals surface area contributed by atoms with Crippen molar-refractivity contribution in [2.45, 2.75) is 19.1 Å². The first-order valence-corrected chi connectivity index (χ1v) is 10.0. The first kappa shape index (κ1) is 16.9. The highest BCUT2D eigenvalue weighted by Gasteiger charge is 2.33. The van der Waals surface area contributed by atoms with Gasteiger partial charge in [0.2, 0.25) is 0 Å². The Morgan fingerprint density at radius 1 is 1.22 bits per heavy atom. The van der Waals surface area contributed by atoms with E-state index < -0.39 is 0 Å². The molecule has 1 atom stereocenters. The molecule has 0 spiro atoms. The lowest BCUT2D eigenvalue weighted by atomic mass is 10.0. The third-order valence-corrected chi connectivity index (χ3v) is 6.55. The maximum absolute atomic E-state index is 12.8. The van der Waals surface area contributed by atoms with Crippen molar-refractivity contribution in [3.05, 3.63) is 63.2 Å². The van der Waals surface area contributed by atoms with Crippen LogP contribution in [0.5, 0.6) is 0 Å². The largest absolute Gasteiger partial charge is 0.457 e. The van der Waals surface area contributed by atoms with Crippen LogP contribution in [0.15, 0.2) is 40.8 Å². The van der Waals surface area contributed by atoms with E-state index in [1.807, 2.05) is 36.4 Å². The molecule has 5 rings (SSSR count). The SMILES string of the molecule is CN1CCc2c(sc3c2C(=O)N[C@@H](c2ccc(-c4ccccc4Cl)o2)N3)C1. The maximum atomic E-state index is 12.8. The number of furan rings is 1. The fraction of sp³-hybridized carbons (Fsp3) is 0.250. The number of rotatable bonds is 2. The molecule has 3 aromatic rings. The summed E-state index contributed by atoms with van der Waals surface area (Å²) in [5, 5.41) is 8.03. The van der Waals surface area contributed by atoms with Gasteiger partial charge in [-0.3, -0.25) is 4.79 Å². The molecule has 27 heavy (non-hydrogen) atoms. The molecule has 0 bridgehead atoms. The van der Waals surface area contributed by atoms with Crippen molar-refractivity contribution in [2.24, 2.45) is 0 Å². The van der Waals surface area contributed by atoms with Gasteiger partial charge >= 0.3 is 0 Å². The highest BCUT2D eigenvalue weighted by atomic mass is 35.5. The monoisotopic (exact) mass is 399 g/mol. The van der Waals surface area contributed by atoms with Gasteiger partial charge in [-0.25, -0.2) is 0 Å². The minimum absolute atomic E-state index is 0.0357. The minimum atomic E-state index is -0.390. The van der Waals surface area contributed by atoms with E-state index in [2.05, 4.69) is 22.6 Å². The number of carbonyl (C=O) groups excluding carboxylic acids is 1. The maximum Gasteiger partial charge on any atom is 0.256 e. The van der Waals surface area contributed by atoms with Crippen molar-refractivity contribution in [1.29, 1.82) is 0 Å². The number of likely N-dealkylation sites (N-methyl/N-ethyl adjacent to an activating group) is 1. The van der Waals surface area contributed by atoms with Crippen molar-refractivity contribution in [3.63, 3.8) is 0 Å². The first-order valence-electron chi connectivity index (χ1n) is 8.85. The topological polar surface area (TPSA) is 57.5 Å². The number of hydrogen-bond acceptors (Lipinski definition) is 5. The molecule has 2 aromatic heterocycles. The third-order valence-electron chi connectivity index (χ3n) is 5.08. The van der Waals surface area contributed by atoms with E-state index in [1.54, 1.807) is 11.3 Å². The van der Waals surface area contributed by atoms with Crippen LogP contribution in [0.1, 0.15) is 32.7 Å². The average Bonchev–Trinajstić information content (AvgIpc) is 3.26. The van der Waals surface area contributed by atoms with Crippen LogP contribution < -0.4 is 10.6 Å². The molecule has 138 valence electrons. The minimum Gasteiger partial charge on any atom is -0.457 e. The number of nitrogens with one attached hydrogen (secondary N) is 2. The van der Waals surface area contributed by atoms with Crippen molar-refractivity contribution in [1.82, 2.24) is 10.2 Å². The van der Waals surface area contributed by atoms with Gasteiger partial charge in [-0.1, -0.05) is 23.7 Å². The Morgan fingerprint density at radius 2 is 2.07 bits per heavy atom. The number of halogens is 1. The van der Waals surface area contributed by atoms with Crippen LogP contribution >= 0.6 is 22.9 Å². The van der Waals surface area contributed by atoms with E-state index in [1.165, 1.54) is 10.4 Å². The van der Waals surface area contributed by atoms with Crippen molar-refractivity contribution < 1.29 is 9.21 Å². The number of anilines is 1. The van der Waals surface area contributed by atoms with Gasteiger partial charge in [-0.05, 0) is 43.3 Å². The molecule has 0 saturated heterocycles. The highest BCUT2D eigenvalue weighted by molar-refractivity contribution is 7.16. The Labute approximate surface area is 165 Å². The summed E-state index contributed by atoms with van der Waals surface area (Å²) in [6.07, 6.45) is 0.522. The van der Waals surface area contributed by atoms with E-state index in [4.69, 9.17) is 16.0 Å². The van der Waals surface area contributed by atoms with Crippen LogP contribution in [-0.4, -0.2) is 24.4 Å². The summed E-state index contributed by atoms with van der Waals surface area (Å²) in [6, 6.07) is 11.3. The molecule has 0 aliphatic carbocycles. The standard InChI is InChI=1S/C20H18ClN3O2S/c1-24-9-8-12-16(10-24)27-20-17(12)19(25)22-18(23-20)15-7-6-14(26-15)11-4-2-3-5-13(11)21/h2-7,18,23H,8-10H2,1H3,(H,22,25)/t18-/m1/s1. The zero-order valence-electron chi connectivity index (χ0n) is 14.7. The van der Waals surface area contributed by atoms with Gasteiger partial charge in [0.1, 0.15) is 16.5 Å². The lowest BCUT2D eigenvalue weighted by Gasteiger charge is -2.26. The molecule has 5 nitrogen and oxygen atoms in total. The van der Waals surface area contributed by atoms with Crippen molar-refractivity contribution in [2.75, 3.05) is 18.9 Å². The van der Waals surface area contributed by atoms with Crippen LogP contribution in [0.2, 0.25) is 5.02 Å². The number of fused-ring (bicyclic) bond motifs is 3. The second-order valence-corrected chi connectivity index (χ2v) is 8.44. The number of hydrogen-bond donors (Lipinski definition) is 2. The summed E-state index contributed by atoms with van der Waals surface area (Å²) in [5.74, 6) is 1.31. The number of benzene rings is 1.